The number of nitrogens with zero attached hydrogens (tertiary/aromatic N) is 5. The van der Waals surface area contributed by atoms with E-state index in [4.69, 9.17) is 11.6 Å². The minimum atomic E-state index is -4.22. The van der Waals surface area contributed by atoms with Crippen LogP contribution in [0.25, 0.3) is 22.0 Å². The zero-order valence-corrected chi connectivity index (χ0v) is 33.2. The highest BCUT2D eigenvalue weighted by molar-refractivity contribution is 7.99. The van der Waals surface area contributed by atoms with Gasteiger partial charge in [0, 0.05) is 78.1 Å². The zero-order valence-electron chi connectivity index (χ0n) is 30.8. The van der Waals surface area contributed by atoms with E-state index in [2.05, 4.69) is 61.3 Å². The first-order chi connectivity index (χ1) is 26.3. The van der Waals surface area contributed by atoms with Crippen molar-refractivity contribution in [3.05, 3.63) is 136 Å². The van der Waals surface area contributed by atoms with Gasteiger partial charge in [0.15, 0.2) is 5.82 Å². The molecule has 1 aromatic heterocycles. The summed E-state index contributed by atoms with van der Waals surface area (Å²) >= 11 is 7.76. The van der Waals surface area contributed by atoms with Crippen LogP contribution in [-0.4, -0.2) is 65.5 Å². The molecule has 1 fully saturated rings. The number of thioether (sulfide) groups is 1. The van der Waals surface area contributed by atoms with E-state index in [9.17, 15) is 18.5 Å². The normalized spacial score (nSPS) is 13.9. The number of hydrogen-bond acceptors (Lipinski definition) is 9. The Labute approximate surface area is 330 Å². The lowest BCUT2D eigenvalue weighted by atomic mass is 9.99. The Morgan fingerprint density at radius 1 is 0.891 bits per heavy atom. The summed E-state index contributed by atoms with van der Waals surface area (Å²) in [7, 11) is -2.46. The van der Waals surface area contributed by atoms with Gasteiger partial charge in [0.2, 0.25) is 0 Å². The van der Waals surface area contributed by atoms with E-state index in [1.807, 2.05) is 74.5 Å². The van der Waals surface area contributed by atoms with Crippen molar-refractivity contribution < 1.29 is 13.3 Å². The van der Waals surface area contributed by atoms with Gasteiger partial charge in [-0.15, -0.1) is 11.8 Å². The third-order valence-electron chi connectivity index (χ3n) is 9.66. The molecule has 11 nitrogen and oxygen atoms in total. The molecule has 14 heteroatoms. The van der Waals surface area contributed by atoms with Crippen molar-refractivity contribution in [1.82, 2.24) is 14.7 Å². The lowest BCUT2D eigenvalue weighted by Gasteiger charge is -2.36. The molecule has 55 heavy (non-hydrogen) atoms. The monoisotopic (exact) mass is 795 g/mol. The van der Waals surface area contributed by atoms with E-state index in [1.54, 1.807) is 23.5 Å². The predicted molar refractivity (Wildman–Crippen MR) is 224 cm³/mol. The molecule has 0 saturated carbocycles. The molecule has 0 amide bonds. The molecule has 284 valence electrons. The van der Waals surface area contributed by atoms with Gasteiger partial charge in [-0.05, 0) is 85.1 Å². The summed E-state index contributed by atoms with van der Waals surface area (Å²) < 4.78 is 31.5. The summed E-state index contributed by atoms with van der Waals surface area (Å²) in [5, 5.41) is 21.2. The van der Waals surface area contributed by atoms with Crippen molar-refractivity contribution in [1.29, 1.82) is 0 Å². The minimum absolute atomic E-state index is 0.150. The summed E-state index contributed by atoms with van der Waals surface area (Å²) in [5.74, 6) is 0.776. The second kappa shape index (κ2) is 16.0. The Balaban J connectivity index is 1.02. The highest BCUT2D eigenvalue weighted by Gasteiger charge is 2.27. The lowest BCUT2D eigenvalue weighted by Crippen LogP contribution is -2.46. The number of aromatic nitrogens is 2. The standard InChI is InChI=1S/C41H42ClN7O4S2/c1-41(2,28-54-33-10-5-4-6-11-33)43-37-20-18-34(26-39(37)49(50)51)55(52,53)45-40-36-19-17-32(25-38(36)46(3)44-40)48-23-21-47(22-24-48)27-30-9-7-8-12-35(30)29-13-15-31(42)16-14-29/h4-20,25-26,43H,21-24,27-28H2,1-3H3,(H,44,45). The third kappa shape index (κ3) is 8.91. The summed E-state index contributed by atoms with van der Waals surface area (Å²) in [6.45, 7) is 8.16. The van der Waals surface area contributed by atoms with Crippen molar-refractivity contribution in [2.45, 2.75) is 35.7 Å². The molecule has 0 unspecified atom stereocenters. The largest absolute Gasteiger partial charge is 0.374 e. The fourth-order valence-corrected chi connectivity index (χ4v) is 8.91. The van der Waals surface area contributed by atoms with Crippen molar-refractivity contribution in [2.75, 3.05) is 46.9 Å². The third-order valence-corrected chi connectivity index (χ3v) is 12.7. The van der Waals surface area contributed by atoms with Gasteiger partial charge in [0.25, 0.3) is 15.7 Å². The average molecular weight is 796 g/mol. The van der Waals surface area contributed by atoms with Gasteiger partial charge >= 0.3 is 0 Å². The van der Waals surface area contributed by atoms with Crippen molar-refractivity contribution >= 4 is 67.2 Å². The van der Waals surface area contributed by atoms with Gasteiger partial charge < -0.3 is 10.2 Å². The van der Waals surface area contributed by atoms with Crippen LogP contribution in [0.4, 0.5) is 22.9 Å². The first kappa shape index (κ1) is 38.2. The molecular formula is C41H42ClN7O4S2. The number of nitro groups is 1. The molecule has 5 aromatic carbocycles. The quantitative estimate of drug-likeness (QED) is 0.0670. The number of halogens is 1. The maximum atomic E-state index is 13.7. The van der Waals surface area contributed by atoms with E-state index < -0.39 is 20.5 Å². The van der Waals surface area contributed by atoms with E-state index in [1.165, 1.54) is 23.3 Å². The number of hydrogen-bond donors (Lipinski definition) is 2. The van der Waals surface area contributed by atoms with Gasteiger partial charge in [-0.25, -0.2) is 8.42 Å². The van der Waals surface area contributed by atoms with Crippen LogP contribution in [-0.2, 0) is 23.6 Å². The zero-order chi connectivity index (χ0) is 38.7. The Morgan fingerprint density at radius 3 is 2.33 bits per heavy atom. The molecule has 0 bridgehead atoms. The second-order valence-electron chi connectivity index (χ2n) is 14.3. The Hall–Kier alpha value is -5.08. The van der Waals surface area contributed by atoms with Crippen LogP contribution in [0, 0.1) is 10.1 Å². The summed E-state index contributed by atoms with van der Waals surface area (Å²) in [6.07, 6.45) is 0. The fraction of sp³-hybridized carbons (Fsp3) is 0.244. The molecule has 0 spiro atoms. The molecule has 0 radical (unpaired) electrons. The molecule has 2 heterocycles. The summed E-state index contributed by atoms with van der Waals surface area (Å²) in [5.41, 5.74) is 4.77. The number of aryl methyl sites for hydroxylation is 1. The first-order valence-corrected chi connectivity index (χ1v) is 20.8. The first-order valence-electron chi connectivity index (χ1n) is 17.9. The number of anilines is 3. The lowest BCUT2D eigenvalue weighted by molar-refractivity contribution is -0.384. The van der Waals surface area contributed by atoms with E-state index in [0.29, 0.717) is 11.1 Å². The Bertz CT molecular complexity index is 2430. The molecule has 2 N–H and O–H groups in total. The van der Waals surface area contributed by atoms with Crippen molar-refractivity contribution in [3.63, 3.8) is 0 Å². The van der Waals surface area contributed by atoms with Gasteiger partial charge in [-0.3, -0.25) is 24.4 Å². The van der Waals surface area contributed by atoms with Crippen LogP contribution in [0.1, 0.15) is 19.4 Å². The minimum Gasteiger partial charge on any atom is -0.374 e. The van der Waals surface area contributed by atoms with Crippen LogP contribution in [0.3, 0.4) is 0 Å². The molecule has 1 aliphatic rings. The van der Waals surface area contributed by atoms with Crippen LogP contribution >= 0.6 is 23.4 Å². The van der Waals surface area contributed by atoms with Crippen molar-refractivity contribution in [3.8, 4) is 11.1 Å². The summed E-state index contributed by atoms with van der Waals surface area (Å²) in [4.78, 5) is 17.2. The van der Waals surface area contributed by atoms with Gasteiger partial charge in [0.05, 0.1) is 15.3 Å². The number of nitrogens with one attached hydrogen (secondary N) is 2. The van der Waals surface area contributed by atoms with Gasteiger partial charge in [0.1, 0.15) is 5.69 Å². The average Bonchev–Trinajstić information content (AvgIpc) is 3.48. The molecule has 1 saturated heterocycles. The van der Waals surface area contributed by atoms with Gasteiger partial charge in [-0.2, -0.15) is 5.10 Å². The second-order valence-corrected chi connectivity index (χ2v) is 17.4. The topological polar surface area (TPSA) is 126 Å². The maximum absolute atomic E-state index is 13.7. The van der Waals surface area contributed by atoms with Crippen molar-refractivity contribution in [2.24, 2.45) is 7.05 Å². The molecule has 7 rings (SSSR count). The van der Waals surface area contributed by atoms with E-state index >= 15 is 0 Å². The number of piperazine rings is 1. The number of sulfonamides is 1. The highest BCUT2D eigenvalue weighted by atomic mass is 35.5. The highest BCUT2D eigenvalue weighted by Crippen LogP contribution is 2.34. The van der Waals surface area contributed by atoms with Crippen LogP contribution in [0.5, 0.6) is 0 Å². The molecule has 0 atom stereocenters. The van der Waals surface area contributed by atoms with Crippen LogP contribution in [0.15, 0.2) is 125 Å². The molecular weight excluding hydrogens is 754 g/mol. The van der Waals surface area contributed by atoms with Gasteiger partial charge in [-0.1, -0.05) is 66.2 Å². The maximum Gasteiger partial charge on any atom is 0.293 e. The Morgan fingerprint density at radius 2 is 1.60 bits per heavy atom. The number of fused-ring (bicyclic) bond motifs is 1. The summed E-state index contributed by atoms with van der Waals surface area (Å²) in [6, 6.07) is 36.1. The van der Waals surface area contributed by atoms with E-state index in [0.717, 1.165) is 65.5 Å². The molecule has 0 aliphatic carbocycles. The SMILES string of the molecule is Cn1nc(NS(=O)(=O)c2ccc(NC(C)(C)CSc3ccccc3)c([N+](=O)[O-])c2)c2ccc(N3CCN(Cc4ccccc4-c4ccc(Cl)cc4)CC3)cc21. The van der Waals surface area contributed by atoms with E-state index in [-0.39, 0.29) is 22.1 Å². The Kier molecular flexibility index (Phi) is 11.1. The smallest absolute Gasteiger partial charge is 0.293 e. The number of nitro benzene ring substituents is 1. The molecule has 6 aromatic rings. The number of benzene rings is 5. The molecule has 1 aliphatic heterocycles. The number of rotatable bonds is 13. The fourth-order valence-electron chi connectivity index (χ4n) is 6.79. The van der Waals surface area contributed by atoms with Crippen LogP contribution in [0.2, 0.25) is 5.02 Å². The predicted octanol–water partition coefficient (Wildman–Crippen LogP) is 8.91. The van der Waals surface area contributed by atoms with Crippen LogP contribution < -0.4 is 14.9 Å².